The minimum Gasteiger partial charge on any atom is -0.483 e. The fourth-order valence-corrected chi connectivity index (χ4v) is 3.34. The molecule has 0 fully saturated rings. The van der Waals surface area contributed by atoms with Crippen LogP contribution in [-0.4, -0.2) is 32.2 Å². The minimum atomic E-state index is -4.85. The second-order valence-corrected chi connectivity index (χ2v) is 8.00. The first kappa shape index (κ1) is 27.0. The molecule has 6 nitrogen and oxygen atoms in total. The van der Waals surface area contributed by atoms with Crippen LogP contribution in [0, 0.1) is 12.7 Å². The molecule has 0 aliphatic carbocycles. The number of ketones is 1. The van der Waals surface area contributed by atoms with E-state index < -0.39 is 41.4 Å². The number of anilines is 1. The van der Waals surface area contributed by atoms with Crippen LogP contribution in [0.4, 0.5) is 23.2 Å². The molecule has 0 radical (unpaired) electrons. The van der Waals surface area contributed by atoms with Crippen LogP contribution in [0.25, 0.3) is 0 Å². The lowest BCUT2D eigenvalue weighted by atomic mass is 10.00. The van der Waals surface area contributed by atoms with Gasteiger partial charge in [0.2, 0.25) is 0 Å². The lowest BCUT2D eigenvalue weighted by Gasteiger charge is -2.14. The quantitative estimate of drug-likeness (QED) is 0.209. The number of methoxy groups -OCH3 is 1. The Kier molecular flexibility index (Phi) is 8.54. The molecule has 190 valence electrons. The molecule has 3 aromatic rings. The molecule has 1 N–H and O–H groups in total. The number of hydrogen-bond acceptors (Lipinski definition) is 5. The van der Waals surface area contributed by atoms with Gasteiger partial charge in [0, 0.05) is 23.4 Å². The molecular formula is C25H20ClF4NO5. The third-order valence-electron chi connectivity index (χ3n) is 4.85. The van der Waals surface area contributed by atoms with Gasteiger partial charge in [-0.3, -0.25) is 9.59 Å². The van der Waals surface area contributed by atoms with Gasteiger partial charge in [0.05, 0.1) is 11.1 Å². The molecule has 0 aliphatic rings. The van der Waals surface area contributed by atoms with Gasteiger partial charge in [0.15, 0.2) is 19.2 Å². The van der Waals surface area contributed by atoms with Crippen LogP contribution in [0.3, 0.4) is 0 Å². The van der Waals surface area contributed by atoms with Gasteiger partial charge in [0.1, 0.15) is 17.3 Å². The molecule has 0 heterocycles. The van der Waals surface area contributed by atoms with E-state index in [9.17, 15) is 27.2 Å². The predicted molar refractivity (Wildman–Crippen MR) is 124 cm³/mol. The number of carbonyl (C=O) groups is 2. The molecule has 0 saturated carbocycles. The van der Waals surface area contributed by atoms with Crippen molar-refractivity contribution in [3.63, 3.8) is 0 Å². The average molecular weight is 526 g/mol. The SMILES string of the molecule is COCOc1ccc(NC(=O)COc2ccc(Cl)cc2C(=O)c2cc(F)cc(C(F)(F)F)c2)c(C)c1. The summed E-state index contributed by atoms with van der Waals surface area (Å²) in [6.45, 7) is 1.29. The molecule has 0 bridgehead atoms. The number of amides is 1. The number of alkyl halides is 3. The zero-order valence-electron chi connectivity index (χ0n) is 19.0. The number of aryl methyl sites for hydroxylation is 1. The fraction of sp³-hybridized carbons (Fsp3) is 0.200. The zero-order chi connectivity index (χ0) is 26.5. The highest BCUT2D eigenvalue weighted by atomic mass is 35.5. The molecule has 3 aromatic carbocycles. The smallest absolute Gasteiger partial charge is 0.416 e. The van der Waals surface area contributed by atoms with E-state index in [4.69, 9.17) is 25.8 Å². The number of carbonyl (C=O) groups excluding carboxylic acids is 2. The van der Waals surface area contributed by atoms with Crippen LogP contribution < -0.4 is 14.8 Å². The Morgan fingerprint density at radius 3 is 2.42 bits per heavy atom. The Balaban J connectivity index is 1.76. The topological polar surface area (TPSA) is 73.9 Å². The van der Waals surface area contributed by atoms with Crippen molar-refractivity contribution >= 4 is 29.0 Å². The highest BCUT2D eigenvalue weighted by Gasteiger charge is 2.32. The van der Waals surface area contributed by atoms with Gasteiger partial charge in [-0.2, -0.15) is 13.2 Å². The van der Waals surface area contributed by atoms with Crippen LogP contribution in [0.1, 0.15) is 27.0 Å². The maximum atomic E-state index is 13.8. The molecule has 36 heavy (non-hydrogen) atoms. The number of halogens is 5. The minimum absolute atomic E-state index is 0.0638. The summed E-state index contributed by atoms with van der Waals surface area (Å²) in [5, 5.41) is 2.74. The summed E-state index contributed by atoms with van der Waals surface area (Å²) in [6.07, 6.45) is -4.85. The van der Waals surface area contributed by atoms with Gasteiger partial charge in [-0.05, 0) is 67.1 Å². The van der Waals surface area contributed by atoms with E-state index in [-0.39, 0.29) is 29.2 Å². The van der Waals surface area contributed by atoms with Gasteiger partial charge in [0.25, 0.3) is 5.91 Å². The van der Waals surface area contributed by atoms with E-state index in [1.54, 1.807) is 25.1 Å². The number of hydrogen-bond donors (Lipinski definition) is 1. The highest BCUT2D eigenvalue weighted by molar-refractivity contribution is 6.31. The van der Waals surface area contributed by atoms with Gasteiger partial charge >= 0.3 is 6.18 Å². The molecule has 0 unspecified atom stereocenters. The molecular weight excluding hydrogens is 506 g/mol. The maximum absolute atomic E-state index is 13.8. The van der Waals surface area contributed by atoms with Crippen molar-refractivity contribution in [1.82, 2.24) is 0 Å². The number of benzene rings is 3. The van der Waals surface area contributed by atoms with Gasteiger partial charge in [-0.25, -0.2) is 4.39 Å². The number of nitrogens with one attached hydrogen (secondary N) is 1. The van der Waals surface area contributed by atoms with Crippen molar-refractivity contribution < 1.29 is 41.4 Å². The lowest BCUT2D eigenvalue weighted by molar-refractivity contribution is -0.137. The molecule has 0 aliphatic heterocycles. The Morgan fingerprint density at radius 1 is 1.00 bits per heavy atom. The van der Waals surface area contributed by atoms with Crippen molar-refractivity contribution in [2.45, 2.75) is 13.1 Å². The Morgan fingerprint density at radius 2 is 1.75 bits per heavy atom. The summed E-state index contributed by atoms with van der Waals surface area (Å²) < 4.78 is 68.7. The first-order chi connectivity index (χ1) is 17.0. The summed E-state index contributed by atoms with van der Waals surface area (Å²) in [6, 6.07) is 10.3. The van der Waals surface area contributed by atoms with E-state index in [2.05, 4.69) is 5.32 Å². The van der Waals surface area contributed by atoms with Crippen LogP contribution in [0.15, 0.2) is 54.6 Å². The van der Waals surface area contributed by atoms with Crippen molar-refractivity contribution in [3.8, 4) is 11.5 Å². The van der Waals surface area contributed by atoms with Crippen LogP contribution in [0.5, 0.6) is 11.5 Å². The zero-order valence-corrected chi connectivity index (χ0v) is 19.8. The summed E-state index contributed by atoms with van der Waals surface area (Å²) in [5.41, 5.74) is -0.912. The largest absolute Gasteiger partial charge is 0.483 e. The summed E-state index contributed by atoms with van der Waals surface area (Å²) in [5.74, 6) is -2.33. The van der Waals surface area contributed by atoms with Crippen molar-refractivity contribution in [2.75, 3.05) is 25.8 Å². The lowest BCUT2D eigenvalue weighted by Crippen LogP contribution is -2.21. The fourth-order valence-electron chi connectivity index (χ4n) is 3.17. The van der Waals surface area contributed by atoms with Crippen LogP contribution >= 0.6 is 11.6 Å². The molecule has 3 rings (SSSR count). The Bertz CT molecular complexity index is 1280. The molecule has 1 amide bonds. The third-order valence-corrected chi connectivity index (χ3v) is 5.08. The monoisotopic (exact) mass is 525 g/mol. The Hall–Kier alpha value is -3.63. The normalized spacial score (nSPS) is 11.2. The van der Waals surface area contributed by atoms with E-state index in [0.717, 1.165) is 6.07 Å². The first-order valence-electron chi connectivity index (χ1n) is 10.3. The maximum Gasteiger partial charge on any atom is 0.416 e. The number of ether oxygens (including phenoxy) is 3. The summed E-state index contributed by atoms with van der Waals surface area (Å²) in [4.78, 5) is 25.4. The first-order valence-corrected chi connectivity index (χ1v) is 10.7. The standard InChI is InChI=1S/C25H20ClF4NO5/c1-14-7-19(36-13-34-2)4-5-21(14)31-23(32)12-35-22-6-3-17(26)11-20(22)24(33)15-8-16(25(28,29)30)10-18(27)9-15/h3-11H,12-13H2,1-2H3,(H,31,32). The summed E-state index contributed by atoms with van der Waals surface area (Å²) in [7, 11) is 1.49. The number of rotatable bonds is 9. The van der Waals surface area contributed by atoms with Gasteiger partial charge in [-0.1, -0.05) is 11.6 Å². The average Bonchev–Trinajstić information content (AvgIpc) is 2.82. The van der Waals surface area contributed by atoms with Crippen molar-refractivity contribution in [2.24, 2.45) is 0 Å². The summed E-state index contributed by atoms with van der Waals surface area (Å²) >= 11 is 5.96. The highest BCUT2D eigenvalue weighted by Crippen LogP contribution is 2.32. The van der Waals surface area contributed by atoms with E-state index in [1.807, 2.05) is 0 Å². The second-order valence-electron chi connectivity index (χ2n) is 7.56. The van der Waals surface area contributed by atoms with E-state index in [0.29, 0.717) is 29.1 Å². The van der Waals surface area contributed by atoms with E-state index >= 15 is 0 Å². The molecule has 11 heteroatoms. The van der Waals surface area contributed by atoms with Crippen molar-refractivity contribution in [3.05, 3.63) is 87.7 Å². The van der Waals surface area contributed by atoms with Gasteiger partial charge < -0.3 is 19.5 Å². The van der Waals surface area contributed by atoms with Crippen LogP contribution in [0.2, 0.25) is 5.02 Å². The Labute approximate surface area is 208 Å². The molecule has 0 atom stereocenters. The molecule has 0 saturated heterocycles. The predicted octanol–water partition coefficient (Wildman–Crippen LogP) is 6.04. The van der Waals surface area contributed by atoms with Crippen LogP contribution in [-0.2, 0) is 15.7 Å². The third kappa shape index (κ3) is 6.96. The molecule has 0 aromatic heterocycles. The molecule has 0 spiro atoms. The van der Waals surface area contributed by atoms with Crippen molar-refractivity contribution in [1.29, 1.82) is 0 Å². The van der Waals surface area contributed by atoms with E-state index in [1.165, 1.54) is 19.2 Å². The van der Waals surface area contributed by atoms with Gasteiger partial charge in [-0.15, -0.1) is 0 Å². The second kappa shape index (κ2) is 11.4.